The zero-order chi connectivity index (χ0) is 26.1. The van der Waals surface area contributed by atoms with Crippen molar-refractivity contribution in [2.45, 2.75) is 22.9 Å². The zero-order valence-corrected chi connectivity index (χ0v) is 21.2. The Balaban J connectivity index is 1.61. The van der Waals surface area contributed by atoms with Crippen molar-refractivity contribution in [3.63, 3.8) is 0 Å². The summed E-state index contributed by atoms with van der Waals surface area (Å²) in [6.07, 6.45) is -4.60. The summed E-state index contributed by atoms with van der Waals surface area (Å²) in [5.41, 5.74) is -0.883. The molecule has 1 saturated heterocycles. The Kier molecular flexibility index (Phi) is 7.51. The molecule has 1 aliphatic rings. The smallest absolute Gasteiger partial charge is 0.419 e. The van der Waals surface area contributed by atoms with Crippen molar-refractivity contribution in [1.82, 2.24) is 4.90 Å². The van der Waals surface area contributed by atoms with Gasteiger partial charge in [0.2, 0.25) is 0 Å². The molecular weight excluding hydrogens is 539 g/mol. The van der Waals surface area contributed by atoms with Crippen LogP contribution in [0.1, 0.15) is 22.3 Å². The molecule has 0 bridgehead atoms. The molecule has 0 radical (unpaired) electrons. The van der Waals surface area contributed by atoms with Gasteiger partial charge in [0.15, 0.2) is 4.21 Å². The topological polar surface area (TPSA) is 87.7 Å². The van der Waals surface area contributed by atoms with Crippen molar-refractivity contribution >= 4 is 50.2 Å². The van der Waals surface area contributed by atoms with Crippen LogP contribution in [0.4, 0.5) is 24.5 Å². The highest BCUT2D eigenvalue weighted by molar-refractivity contribution is 7.95. The summed E-state index contributed by atoms with van der Waals surface area (Å²) in [5, 5.41) is 2.52. The number of sulfonamides is 1. The van der Waals surface area contributed by atoms with E-state index in [-0.39, 0.29) is 19.9 Å². The van der Waals surface area contributed by atoms with E-state index in [2.05, 4.69) is 10.0 Å². The van der Waals surface area contributed by atoms with E-state index in [1.807, 2.05) is 11.9 Å². The Labute approximate surface area is 214 Å². The molecule has 1 aliphatic heterocycles. The van der Waals surface area contributed by atoms with Crippen LogP contribution in [-0.2, 0) is 16.2 Å². The van der Waals surface area contributed by atoms with Crippen molar-refractivity contribution < 1.29 is 31.1 Å². The molecule has 2 aromatic carbocycles. The average Bonchev–Trinajstić information content (AvgIpc) is 3.38. The molecule has 36 heavy (non-hydrogen) atoms. The number of anilines is 2. The monoisotopic (exact) mass is 559 g/mol. The zero-order valence-electron chi connectivity index (χ0n) is 18.8. The van der Waals surface area contributed by atoms with Gasteiger partial charge in [0.05, 0.1) is 21.3 Å². The number of amides is 1. The summed E-state index contributed by atoms with van der Waals surface area (Å²) in [4.78, 5) is 14.5. The van der Waals surface area contributed by atoms with Gasteiger partial charge in [0.1, 0.15) is 11.9 Å². The van der Waals surface area contributed by atoms with Crippen LogP contribution in [0.2, 0.25) is 4.34 Å². The number of nitrogens with one attached hydrogen (secondary N) is 2. The normalized spacial score (nSPS) is 16.6. The fourth-order valence-electron chi connectivity index (χ4n) is 3.71. The predicted octanol–water partition coefficient (Wildman–Crippen LogP) is 5.56. The predicted molar refractivity (Wildman–Crippen MR) is 133 cm³/mol. The SMILES string of the molecule is CN1CC[C@@H](Oc2cc(NS(=O)(=O)c3sc(Cl)cc3NC(=O)c3ccccc3)ccc2C(F)(F)F)C1. The fourth-order valence-corrected chi connectivity index (χ4v) is 6.52. The molecule has 1 fully saturated rings. The average molecular weight is 560 g/mol. The Morgan fingerprint density at radius 1 is 1.17 bits per heavy atom. The minimum atomic E-state index is -4.69. The summed E-state index contributed by atoms with van der Waals surface area (Å²) < 4.78 is 74.7. The number of hydrogen-bond donors (Lipinski definition) is 2. The molecule has 0 unspecified atom stereocenters. The van der Waals surface area contributed by atoms with E-state index in [4.69, 9.17) is 16.3 Å². The molecule has 1 atom stereocenters. The van der Waals surface area contributed by atoms with Gasteiger partial charge < -0.3 is 15.0 Å². The highest BCUT2D eigenvalue weighted by Gasteiger charge is 2.36. The maximum absolute atomic E-state index is 13.6. The van der Waals surface area contributed by atoms with Gasteiger partial charge in [-0.25, -0.2) is 8.42 Å². The van der Waals surface area contributed by atoms with Crippen LogP contribution in [0.15, 0.2) is 58.8 Å². The lowest BCUT2D eigenvalue weighted by Gasteiger charge is -2.19. The minimum absolute atomic E-state index is 0.0521. The lowest BCUT2D eigenvalue weighted by molar-refractivity contribution is -0.139. The van der Waals surface area contributed by atoms with Crippen LogP contribution in [0.25, 0.3) is 0 Å². The van der Waals surface area contributed by atoms with E-state index in [0.717, 1.165) is 18.2 Å². The van der Waals surface area contributed by atoms with Gasteiger partial charge in [-0.05, 0) is 43.8 Å². The quantitative estimate of drug-likeness (QED) is 0.396. The van der Waals surface area contributed by atoms with E-state index in [1.165, 1.54) is 6.07 Å². The Bertz CT molecular complexity index is 1360. The molecule has 1 amide bonds. The Morgan fingerprint density at radius 2 is 1.89 bits per heavy atom. The van der Waals surface area contributed by atoms with Gasteiger partial charge in [-0.15, -0.1) is 11.3 Å². The number of carbonyl (C=O) groups excluding carboxylic acids is 1. The minimum Gasteiger partial charge on any atom is -0.488 e. The third-order valence-electron chi connectivity index (χ3n) is 5.38. The number of ether oxygens (including phenoxy) is 1. The maximum Gasteiger partial charge on any atom is 0.419 e. The first-order valence-electron chi connectivity index (χ1n) is 10.7. The van der Waals surface area contributed by atoms with Crippen LogP contribution in [0.5, 0.6) is 5.75 Å². The summed E-state index contributed by atoms with van der Waals surface area (Å²) in [7, 11) is -2.50. The van der Waals surface area contributed by atoms with Crippen molar-refractivity contribution in [3.05, 3.63) is 70.1 Å². The van der Waals surface area contributed by atoms with E-state index < -0.39 is 39.5 Å². The van der Waals surface area contributed by atoms with Crippen molar-refractivity contribution in [2.75, 3.05) is 30.2 Å². The maximum atomic E-state index is 13.6. The standard InChI is InChI=1S/C23H21ClF3N3O4S2/c1-30-10-9-16(13-30)34-19-11-15(7-8-17(19)23(25,26)27)29-36(32,33)22-18(12-20(24)35-22)28-21(31)14-5-3-2-4-6-14/h2-8,11-12,16,29H,9-10,13H2,1H3,(H,28,31)/t16-/m1/s1. The molecule has 13 heteroatoms. The largest absolute Gasteiger partial charge is 0.488 e. The lowest BCUT2D eigenvalue weighted by Crippen LogP contribution is -2.23. The molecule has 0 aliphatic carbocycles. The summed E-state index contributed by atoms with van der Waals surface area (Å²) in [6.45, 7) is 1.13. The second-order valence-electron chi connectivity index (χ2n) is 8.18. The molecule has 192 valence electrons. The second kappa shape index (κ2) is 10.3. The number of rotatable bonds is 7. The van der Waals surface area contributed by atoms with Crippen LogP contribution in [-0.4, -0.2) is 45.5 Å². The fraction of sp³-hybridized carbons (Fsp3) is 0.261. The lowest BCUT2D eigenvalue weighted by atomic mass is 10.1. The number of thiophene rings is 1. The number of likely N-dealkylation sites (N-methyl/N-ethyl adjacent to an activating group) is 1. The van der Waals surface area contributed by atoms with Crippen LogP contribution in [0.3, 0.4) is 0 Å². The number of halogens is 4. The van der Waals surface area contributed by atoms with Crippen LogP contribution < -0.4 is 14.8 Å². The van der Waals surface area contributed by atoms with E-state index >= 15 is 0 Å². The molecular formula is C23H21ClF3N3O4S2. The van der Waals surface area contributed by atoms with E-state index in [9.17, 15) is 26.4 Å². The van der Waals surface area contributed by atoms with E-state index in [1.54, 1.807) is 30.3 Å². The first-order valence-corrected chi connectivity index (χ1v) is 13.3. The van der Waals surface area contributed by atoms with Gasteiger partial charge in [-0.1, -0.05) is 29.8 Å². The second-order valence-corrected chi connectivity index (χ2v) is 11.7. The third-order valence-corrected chi connectivity index (χ3v) is 8.56. The van der Waals surface area contributed by atoms with Gasteiger partial charge in [-0.2, -0.15) is 13.2 Å². The molecule has 1 aromatic heterocycles. The van der Waals surface area contributed by atoms with Gasteiger partial charge in [0.25, 0.3) is 15.9 Å². The number of hydrogen-bond acceptors (Lipinski definition) is 6. The number of likely N-dealkylation sites (tertiary alicyclic amines) is 1. The number of carbonyl (C=O) groups is 1. The van der Waals surface area contributed by atoms with Gasteiger partial charge in [-0.3, -0.25) is 9.52 Å². The molecule has 2 N–H and O–H groups in total. The van der Waals surface area contributed by atoms with Crippen molar-refractivity contribution in [2.24, 2.45) is 0 Å². The van der Waals surface area contributed by atoms with Crippen LogP contribution in [0, 0.1) is 0 Å². The number of nitrogens with zero attached hydrogens (tertiary/aromatic N) is 1. The molecule has 2 heterocycles. The number of benzene rings is 2. The first kappa shape index (κ1) is 26.3. The Morgan fingerprint density at radius 3 is 2.53 bits per heavy atom. The van der Waals surface area contributed by atoms with Crippen molar-refractivity contribution in [3.8, 4) is 5.75 Å². The highest BCUT2D eigenvalue weighted by atomic mass is 35.5. The summed E-state index contributed by atoms with van der Waals surface area (Å²) in [5.74, 6) is -1.02. The Hall–Kier alpha value is -2.80. The molecule has 4 rings (SSSR count). The molecule has 3 aromatic rings. The third kappa shape index (κ3) is 6.12. The first-order chi connectivity index (χ1) is 16.9. The summed E-state index contributed by atoms with van der Waals surface area (Å²) >= 11 is 6.73. The van der Waals surface area contributed by atoms with Crippen LogP contribution >= 0.6 is 22.9 Å². The summed E-state index contributed by atoms with van der Waals surface area (Å²) in [6, 6.07) is 12.2. The van der Waals surface area contributed by atoms with Gasteiger partial charge in [0, 0.05) is 24.7 Å². The highest BCUT2D eigenvalue weighted by Crippen LogP contribution is 2.40. The number of alkyl halides is 3. The van der Waals surface area contributed by atoms with E-state index in [0.29, 0.717) is 36.4 Å². The molecule has 0 spiro atoms. The van der Waals surface area contributed by atoms with Crippen molar-refractivity contribution in [1.29, 1.82) is 0 Å². The molecule has 0 saturated carbocycles. The van der Waals surface area contributed by atoms with Gasteiger partial charge >= 0.3 is 6.18 Å². The molecule has 7 nitrogen and oxygen atoms in total.